The maximum Gasteiger partial charge on any atom is 0.265 e. The van der Waals surface area contributed by atoms with Crippen molar-refractivity contribution >= 4 is 21.6 Å². The molecule has 0 aliphatic carbocycles. The Morgan fingerprint density at radius 2 is 1.64 bits per heavy atom. The zero-order valence-electron chi connectivity index (χ0n) is 16.8. The number of nitrogens with zero attached hydrogens (tertiary/aromatic N) is 1. The van der Waals surface area contributed by atoms with E-state index in [9.17, 15) is 13.2 Å². The van der Waals surface area contributed by atoms with Crippen molar-refractivity contribution in [3.05, 3.63) is 54.1 Å². The molecule has 0 fully saturated rings. The molecule has 0 aromatic heterocycles. The number of nitrogens with one attached hydrogen (secondary N) is 1. The lowest BCUT2D eigenvalue weighted by Gasteiger charge is -2.20. The molecular weight excluding hydrogens is 376 g/mol. The van der Waals surface area contributed by atoms with Crippen LogP contribution in [0.2, 0.25) is 0 Å². The maximum absolute atomic E-state index is 12.6. The van der Waals surface area contributed by atoms with Crippen LogP contribution in [0.15, 0.2) is 53.4 Å². The Morgan fingerprint density at radius 1 is 1.04 bits per heavy atom. The van der Waals surface area contributed by atoms with Crippen molar-refractivity contribution in [1.29, 1.82) is 0 Å². The van der Waals surface area contributed by atoms with E-state index >= 15 is 0 Å². The van der Waals surface area contributed by atoms with Crippen molar-refractivity contribution in [3.63, 3.8) is 0 Å². The van der Waals surface area contributed by atoms with Crippen molar-refractivity contribution in [1.82, 2.24) is 4.31 Å². The minimum absolute atomic E-state index is 0.206. The summed E-state index contributed by atoms with van der Waals surface area (Å²) in [6, 6.07) is 13.7. The van der Waals surface area contributed by atoms with E-state index in [1.165, 1.54) is 16.4 Å². The predicted octanol–water partition coefficient (Wildman–Crippen LogP) is 3.82. The van der Waals surface area contributed by atoms with Crippen LogP contribution in [0, 0.1) is 6.92 Å². The quantitative estimate of drug-likeness (QED) is 0.689. The molecule has 0 aliphatic rings. The Hall–Kier alpha value is -2.38. The average molecular weight is 405 g/mol. The van der Waals surface area contributed by atoms with Gasteiger partial charge in [-0.25, -0.2) is 8.42 Å². The number of benzene rings is 2. The lowest BCUT2D eigenvalue weighted by atomic mass is 10.2. The maximum atomic E-state index is 12.6. The molecule has 0 aliphatic heterocycles. The predicted molar refractivity (Wildman–Crippen MR) is 111 cm³/mol. The van der Waals surface area contributed by atoms with Crippen LogP contribution >= 0.6 is 0 Å². The molecule has 2 rings (SSSR count). The summed E-state index contributed by atoms with van der Waals surface area (Å²) < 4.78 is 32.3. The molecule has 152 valence electrons. The number of hydrogen-bond acceptors (Lipinski definition) is 4. The third-order valence-corrected chi connectivity index (χ3v) is 6.56. The number of para-hydroxylation sites is 1. The number of aryl methyl sites for hydroxylation is 1. The zero-order valence-corrected chi connectivity index (χ0v) is 17.6. The Balaban J connectivity index is 2.10. The van der Waals surface area contributed by atoms with Gasteiger partial charge in [-0.1, -0.05) is 39.0 Å². The average Bonchev–Trinajstić information content (AvgIpc) is 2.68. The molecule has 28 heavy (non-hydrogen) atoms. The second-order valence-electron chi connectivity index (χ2n) is 6.38. The van der Waals surface area contributed by atoms with Gasteiger partial charge in [0.25, 0.3) is 5.91 Å². The first-order valence-electron chi connectivity index (χ1n) is 9.46. The smallest absolute Gasteiger partial charge is 0.265 e. The van der Waals surface area contributed by atoms with Crippen molar-refractivity contribution in [2.45, 2.75) is 45.1 Å². The largest absolute Gasteiger partial charge is 0.480 e. The van der Waals surface area contributed by atoms with Crippen LogP contribution in [0.3, 0.4) is 0 Å². The van der Waals surface area contributed by atoms with Gasteiger partial charge in [-0.05, 0) is 49.2 Å². The Labute approximate surface area is 167 Å². The molecule has 0 bridgehead atoms. The first-order chi connectivity index (χ1) is 13.3. The van der Waals surface area contributed by atoms with Gasteiger partial charge >= 0.3 is 0 Å². The number of carbonyl (C=O) groups excluding carboxylic acids is 1. The van der Waals surface area contributed by atoms with Crippen LogP contribution in [0.25, 0.3) is 0 Å². The fourth-order valence-electron chi connectivity index (χ4n) is 2.81. The summed E-state index contributed by atoms with van der Waals surface area (Å²) >= 11 is 0. The molecule has 0 saturated carbocycles. The number of amides is 1. The second kappa shape index (κ2) is 9.71. The van der Waals surface area contributed by atoms with Gasteiger partial charge in [0.2, 0.25) is 10.0 Å². The molecule has 1 amide bonds. The van der Waals surface area contributed by atoms with Gasteiger partial charge in [-0.15, -0.1) is 0 Å². The van der Waals surface area contributed by atoms with E-state index in [4.69, 9.17) is 4.74 Å². The van der Waals surface area contributed by atoms with E-state index in [1.54, 1.807) is 26.0 Å². The second-order valence-corrected chi connectivity index (χ2v) is 8.32. The summed E-state index contributed by atoms with van der Waals surface area (Å²) in [5, 5.41) is 2.80. The van der Waals surface area contributed by atoms with E-state index in [2.05, 4.69) is 5.32 Å². The molecule has 1 N–H and O–H groups in total. The van der Waals surface area contributed by atoms with Crippen LogP contribution in [-0.2, 0) is 14.8 Å². The fraction of sp³-hybridized carbons (Fsp3) is 0.381. The molecule has 0 heterocycles. The highest BCUT2D eigenvalue weighted by atomic mass is 32.2. The van der Waals surface area contributed by atoms with Gasteiger partial charge in [0.05, 0.1) is 4.90 Å². The molecule has 0 radical (unpaired) electrons. The Bertz CT molecular complexity index is 891. The molecule has 6 nitrogen and oxygen atoms in total. The number of rotatable bonds is 9. The third-order valence-electron chi connectivity index (χ3n) is 4.49. The molecule has 0 saturated heterocycles. The van der Waals surface area contributed by atoms with Crippen molar-refractivity contribution in [2.75, 3.05) is 18.4 Å². The number of sulfonamides is 1. The van der Waals surface area contributed by atoms with Gasteiger partial charge in [0.1, 0.15) is 5.75 Å². The summed E-state index contributed by atoms with van der Waals surface area (Å²) in [5.74, 6) is 0.398. The van der Waals surface area contributed by atoms with Crippen LogP contribution < -0.4 is 10.1 Å². The van der Waals surface area contributed by atoms with Crippen LogP contribution in [-0.4, -0.2) is 37.8 Å². The van der Waals surface area contributed by atoms with E-state index in [0.29, 0.717) is 30.9 Å². The zero-order chi connectivity index (χ0) is 20.7. The lowest BCUT2D eigenvalue weighted by molar-refractivity contribution is -0.122. The highest BCUT2D eigenvalue weighted by Crippen LogP contribution is 2.21. The monoisotopic (exact) mass is 404 g/mol. The summed E-state index contributed by atoms with van der Waals surface area (Å²) in [6.07, 6.45) is -0.130. The van der Waals surface area contributed by atoms with E-state index in [0.717, 1.165) is 5.56 Å². The summed E-state index contributed by atoms with van der Waals surface area (Å²) in [4.78, 5) is 12.8. The molecule has 0 spiro atoms. The lowest BCUT2D eigenvalue weighted by Crippen LogP contribution is -2.32. The number of carbonyl (C=O) groups is 1. The van der Waals surface area contributed by atoms with Crippen molar-refractivity contribution < 1.29 is 17.9 Å². The van der Waals surface area contributed by atoms with E-state index in [-0.39, 0.29) is 10.8 Å². The summed E-state index contributed by atoms with van der Waals surface area (Å²) in [5.41, 5.74) is 1.48. The van der Waals surface area contributed by atoms with Gasteiger partial charge in [-0.2, -0.15) is 4.31 Å². The van der Waals surface area contributed by atoms with Crippen LogP contribution in [0.4, 0.5) is 5.69 Å². The summed E-state index contributed by atoms with van der Waals surface area (Å²) in [6.45, 7) is 8.22. The molecule has 7 heteroatoms. The molecule has 1 atom stereocenters. The van der Waals surface area contributed by atoms with Crippen LogP contribution in [0.1, 0.15) is 32.8 Å². The normalized spacial score (nSPS) is 12.6. The van der Waals surface area contributed by atoms with Gasteiger partial charge in [0.15, 0.2) is 6.10 Å². The topological polar surface area (TPSA) is 75.7 Å². The van der Waals surface area contributed by atoms with Gasteiger partial charge in [-0.3, -0.25) is 4.79 Å². The van der Waals surface area contributed by atoms with Crippen LogP contribution in [0.5, 0.6) is 5.75 Å². The van der Waals surface area contributed by atoms with Gasteiger partial charge < -0.3 is 10.1 Å². The number of hydrogen-bond donors (Lipinski definition) is 1. The molecular formula is C21H28N2O4S. The van der Waals surface area contributed by atoms with Crippen molar-refractivity contribution in [3.8, 4) is 5.75 Å². The minimum Gasteiger partial charge on any atom is -0.480 e. The highest BCUT2D eigenvalue weighted by molar-refractivity contribution is 7.89. The SMILES string of the molecule is CCC(Oc1ccccc1C)C(=O)Nc1ccc(S(=O)(=O)N(CC)CC)cc1. The Morgan fingerprint density at radius 3 is 2.18 bits per heavy atom. The standard InChI is InChI=1S/C21H28N2O4S/c1-5-19(27-20-11-9-8-10-16(20)4)21(24)22-17-12-14-18(15-13-17)28(25,26)23(6-2)7-3/h8-15,19H,5-7H2,1-4H3,(H,22,24). The molecule has 1 unspecified atom stereocenters. The first-order valence-corrected chi connectivity index (χ1v) is 10.9. The number of anilines is 1. The van der Waals surface area contributed by atoms with E-state index < -0.39 is 16.1 Å². The highest BCUT2D eigenvalue weighted by Gasteiger charge is 2.22. The van der Waals surface area contributed by atoms with E-state index in [1.807, 2.05) is 38.1 Å². The summed E-state index contributed by atoms with van der Waals surface area (Å²) in [7, 11) is -3.52. The van der Waals surface area contributed by atoms with Crippen molar-refractivity contribution in [2.24, 2.45) is 0 Å². The minimum atomic E-state index is -3.52. The molecule has 2 aromatic rings. The third kappa shape index (κ3) is 5.11. The Kier molecular flexibility index (Phi) is 7.60. The molecule has 2 aromatic carbocycles. The van der Waals surface area contributed by atoms with Gasteiger partial charge in [0, 0.05) is 18.8 Å². The fourth-order valence-corrected chi connectivity index (χ4v) is 4.27. The number of ether oxygens (including phenoxy) is 1. The first kappa shape index (κ1) is 21.9.